The summed E-state index contributed by atoms with van der Waals surface area (Å²) in [4.78, 5) is 28.5. The Bertz CT molecular complexity index is 1320. The molecule has 1 aliphatic heterocycles. The second kappa shape index (κ2) is 9.89. The highest BCUT2D eigenvalue weighted by molar-refractivity contribution is 7.89. The second-order valence-corrected chi connectivity index (χ2v) is 10.4. The van der Waals surface area contributed by atoms with Crippen molar-refractivity contribution in [2.75, 3.05) is 25.1 Å². The third-order valence-electron chi connectivity index (χ3n) is 6.02. The lowest BCUT2D eigenvalue weighted by atomic mass is 9.94. The molecule has 0 bridgehead atoms. The van der Waals surface area contributed by atoms with Gasteiger partial charge in [0.25, 0.3) is 0 Å². The van der Waals surface area contributed by atoms with Gasteiger partial charge in [0.2, 0.25) is 21.8 Å². The van der Waals surface area contributed by atoms with Crippen LogP contribution in [0, 0.1) is 0 Å². The largest absolute Gasteiger partial charge is 0.497 e. The fourth-order valence-corrected chi connectivity index (χ4v) is 5.70. The number of nitrogens with one attached hydrogen (secondary N) is 1. The molecule has 1 atom stereocenters. The predicted octanol–water partition coefficient (Wildman–Crippen LogP) is 2.81. The molecular formula is C26H27N3O5S. The van der Waals surface area contributed by atoms with E-state index >= 15 is 0 Å². The quantitative estimate of drug-likeness (QED) is 0.546. The SMILES string of the molecule is COc1cccc(N2C(=O)CN(S(=O)(=O)c3ccccc3)C[C@]2(C)C(=O)NCc2ccccc2)c1. The molecule has 1 aliphatic rings. The number of rotatable bonds is 7. The lowest BCUT2D eigenvalue weighted by Crippen LogP contribution is -2.70. The fraction of sp³-hybridized carbons (Fsp3) is 0.231. The Morgan fingerprint density at radius 2 is 1.66 bits per heavy atom. The molecule has 4 rings (SSSR count). The number of anilines is 1. The summed E-state index contributed by atoms with van der Waals surface area (Å²) in [5, 5.41) is 2.88. The summed E-state index contributed by atoms with van der Waals surface area (Å²) < 4.78 is 33.1. The fourth-order valence-electron chi connectivity index (χ4n) is 4.20. The van der Waals surface area contributed by atoms with Crippen molar-refractivity contribution in [3.63, 3.8) is 0 Å². The number of benzene rings is 3. The minimum atomic E-state index is -4.00. The van der Waals surface area contributed by atoms with Crippen molar-refractivity contribution in [2.45, 2.75) is 23.9 Å². The van der Waals surface area contributed by atoms with Gasteiger partial charge >= 0.3 is 0 Å². The minimum Gasteiger partial charge on any atom is -0.497 e. The zero-order valence-corrected chi connectivity index (χ0v) is 20.4. The van der Waals surface area contributed by atoms with Gasteiger partial charge in [-0.3, -0.25) is 14.5 Å². The predicted molar refractivity (Wildman–Crippen MR) is 132 cm³/mol. The highest BCUT2D eigenvalue weighted by atomic mass is 32.2. The van der Waals surface area contributed by atoms with Crippen LogP contribution in [0.25, 0.3) is 0 Å². The van der Waals surface area contributed by atoms with E-state index in [1.165, 1.54) is 24.1 Å². The van der Waals surface area contributed by atoms with Crippen LogP contribution in [0.2, 0.25) is 0 Å². The first kappa shape index (κ1) is 24.4. The van der Waals surface area contributed by atoms with Crippen molar-refractivity contribution >= 4 is 27.5 Å². The van der Waals surface area contributed by atoms with Gasteiger partial charge in [0, 0.05) is 24.8 Å². The van der Waals surface area contributed by atoms with E-state index in [1.54, 1.807) is 49.4 Å². The summed E-state index contributed by atoms with van der Waals surface area (Å²) in [6.45, 7) is 1.21. The number of piperazine rings is 1. The Labute approximate surface area is 205 Å². The standard InChI is InChI=1S/C26H27N3O5S/c1-26(25(31)27-17-20-10-5-3-6-11-20)19-28(35(32,33)23-14-7-4-8-15-23)18-24(30)29(26)21-12-9-13-22(16-21)34-2/h3-16H,17-19H2,1-2H3,(H,27,31)/t26-/m1/s1. The van der Waals surface area contributed by atoms with Crippen LogP contribution in [-0.2, 0) is 26.2 Å². The van der Waals surface area contributed by atoms with Crippen molar-refractivity contribution in [1.82, 2.24) is 9.62 Å². The van der Waals surface area contributed by atoms with Gasteiger partial charge < -0.3 is 10.1 Å². The number of hydrogen-bond donors (Lipinski definition) is 1. The molecule has 0 saturated carbocycles. The van der Waals surface area contributed by atoms with E-state index < -0.39 is 33.9 Å². The molecule has 0 aromatic heterocycles. The number of sulfonamides is 1. The first-order valence-corrected chi connectivity index (χ1v) is 12.5. The number of carbonyl (C=O) groups is 2. The maximum absolute atomic E-state index is 13.6. The average molecular weight is 494 g/mol. The Morgan fingerprint density at radius 1 is 1.00 bits per heavy atom. The van der Waals surface area contributed by atoms with Gasteiger partial charge in [-0.05, 0) is 36.8 Å². The van der Waals surface area contributed by atoms with Gasteiger partial charge in [0.05, 0.1) is 18.6 Å². The van der Waals surface area contributed by atoms with Crippen LogP contribution in [-0.4, -0.2) is 50.3 Å². The van der Waals surface area contributed by atoms with Gasteiger partial charge in [0.1, 0.15) is 11.3 Å². The van der Waals surface area contributed by atoms with Gasteiger partial charge in [-0.25, -0.2) is 8.42 Å². The van der Waals surface area contributed by atoms with Crippen LogP contribution in [0.4, 0.5) is 5.69 Å². The van der Waals surface area contributed by atoms with E-state index in [4.69, 9.17) is 4.74 Å². The smallest absolute Gasteiger partial charge is 0.247 e. The molecule has 0 radical (unpaired) electrons. The molecule has 0 aliphatic carbocycles. The zero-order valence-electron chi connectivity index (χ0n) is 19.5. The van der Waals surface area contributed by atoms with E-state index in [1.807, 2.05) is 30.3 Å². The Kier molecular flexibility index (Phi) is 6.90. The molecule has 1 saturated heterocycles. The van der Waals surface area contributed by atoms with Crippen LogP contribution < -0.4 is 15.0 Å². The number of hydrogen-bond acceptors (Lipinski definition) is 5. The minimum absolute atomic E-state index is 0.0645. The van der Waals surface area contributed by atoms with Gasteiger partial charge in [-0.2, -0.15) is 4.31 Å². The van der Waals surface area contributed by atoms with Crippen molar-refractivity contribution in [2.24, 2.45) is 0 Å². The van der Waals surface area contributed by atoms with Crippen molar-refractivity contribution in [3.05, 3.63) is 90.5 Å². The van der Waals surface area contributed by atoms with Crippen molar-refractivity contribution in [1.29, 1.82) is 0 Å². The highest BCUT2D eigenvalue weighted by Crippen LogP contribution is 2.33. The molecule has 3 aromatic carbocycles. The van der Waals surface area contributed by atoms with Gasteiger partial charge in [-0.1, -0.05) is 54.6 Å². The summed E-state index contributed by atoms with van der Waals surface area (Å²) in [6, 6.07) is 24.1. The topological polar surface area (TPSA) is 96.0 Å². The van der Waals surface area contributed by atoms with Crippen LogP contribution in [0.15, 0.2) is 89.8 Å². The number of ether oxygens (including phenoxy) is 1. The lowest BCUT2D eigenvalue weighted by Gasteiger charge is -2.46. The first-order chi connectivity index (χ1) is 16.8. The van der Waals surface area contributed by atoms with Crippen molar-refractivity contribution < 1.29 is 22.7 Å². The van der Waals surface area contributed by atoms with Crippen LogP contribution >= 0.6 is 0 Å². The monoisotopic (exact) mass is 493 g/mol. The molecule has 1 fully saturated rings. The summed E-state index contributed by atoms with van der Waals surface area (Å²) in [7, 11) is -2.49. The maximum Gasteiger partial charge on any atom is 0.247 e. The Balaban J connectivity index is 1.72. The molecule has 35 heavy (non-hydrogen) atoms. The molecule has 0 spiro atoms. The van der Waals surface area contributed by atoms with E-state index in [0.29, 0.717) is 11.4 Å². The first-order valence-electron chi connectivity index (χ1n) is 11.1. The molecule has 182 valence electrons. The molecule has 3 aromatic rings. The van der Waals surface area contributed by atoms with E-state index in [2.05, 4.69) is 5.32 Å². The number of methoxy groups -OCH3 is 1. The van der Waals surface area contributed by atoms with E-state index in [-0.39, 0.29) is 18.0 Å². The Morgan fingerprint density at radius 3 is 2.31 bits per heavy atom. The molecule has 0 unspecified atom stereocenters. The molecule has 9 heteroatoms. The second-order valence-electron chi connectivity index (χ2n) is 8.46. The molecular weight excluding hydrogens is 466 g/mol. The molecule has 1 heterocycles. The normalized spacial score (nSPS) is 18.8. The van der Waals surface area contributed by atoms with E-state index in [9.17, 15) is 18.0 Å². The maximum atomic E-state index is 13.6. The average Bonchev–Trinajstić information content (AvgIpc) is 2.88. The Hall–Kier alpha value is -3.69. The third-order valence-corrected chi connectivity index (χ3v) is 7.82. The summed E-state index contributed by atoms with van der Waals surface area (Å²) in [5.74, 6) is -0.464. The number of nitrogens with zero attached hydrogens (tertiary/aromatic N) is 2. The number of amides is 2. The highest BCUT2D eigenvalue weighted by Gasteiger charge is 2.51. The van der Waals surface area contributed by atoms with E-state index in [0.717, 1.165) is 9.87 Å². The van der Waals surface area contributed by atoms with Crippen molar-refractivity contribution in [3.8, 4) is 5.75 Å². The summed E-state index contributed by atoms with van der Waals surface area (Å²) >= 11 is 0. The van der Waals surface area contributed by atoms with Crippen LogP contribution in [0.3, 0.4) is 0 Å². The summed E-state index contributed by atoms with van der Waals surface area (Å²) in [6.07, 6.45) is 0. The molecule has 8 nitrogen and oxygen atoms in total. The van der Waals surface area contributed by atoms with Gasteiger partial charge in [0.15, 0.2) is 0 Å². The molecule has 1 N–H and O–H groups in total. The van der Waals surface area contributed by atoms with Gasteiger partial charge in [-0.15, -0.1) is 0 Å². The molecule has 2 amide bonds. The zero-order chi connectivity index (χ0) is 25.1. The van der Waals surface area contributed by atoms with Crippen LogP contribution in [0.1, 0.15) is 12.5 Å². The van der Waals surface area contributed by atoms with Crippen LogP contribution in [0.5, 0.6) is 5.75 Å². The number of carbonyl (C=O) groups excluding carboxylic acids is 2. The lowest BCUT2D eigenvalue weighted by molar-refractivity contribution is -0.133. The third kappa shape index (κ3) is 4.91. The summed E-state index contributed by atoms with van der Waals surface area (Å²) in [5.41, 5.74) is -0.185.